The number of imidazole rings is 1. The lowest BCUT2D eigenvalue weighted by molar-refractivity contribution is -0.135. The number of anilines is 1. The highest BCUT2D eigenvalue weighted by molar-refractivity contribution is 5.80. The Balaban J connectivity index is 1.24. The minimum atomic E-state index is 0.208. The van der Waals surface area contributed by atoms with E-state index in [0.717, 1.165) is 62.3 Å². The van der Waals surface area contributed by atoms with E-state index < -0.39 is 0 Å². The van der Waals surface area contributed by atoms with Crippen molar-refractivity contribution in [1.29, 1.82) is 0 Å². The molecule has 1 aromatic heterocycles. The summed E-state index contributed by atoms with van der Waals surface area (Å²) in [5, 5.41) is 0. The first-order chi connectivity index (χ1) is 12.7. The van der Waals surface area contributed by atoms with Crippen LogP contribution < -0.4 is 4.90 Å². The first-order valence-electron chi connectivity index (χ1n) is 10.2. The van der Waals surface area contributed by atoms with Gasteiger partial charge in [-0.15, -0.1) is 0 Å². The van der Waals surface area contributed by atoms with Crippen molar-refractivity contribution < 1.29 is 4.79 Å². The van der Waals surface area contributed by atoms with Crippen LogP contribution >= 0.6 is 0 Å². The molecule has 3 heterocycles. The lowest BCUT2D eigenvalue weighted by Crippen LogP contribution is -2.42. The van der Waals surface area contributed by atoms with Crippen LogP contribution in [0.2, 0.25) is 0 Å². The van der Waals surface area contributed by atoms with E-state index in [1.54, 1.807) is 0 Å². The Kier molecular flexibility index (Phi) is 3.91. The van der Waals surface area contributed by atoms with Crippen LogP contribution in [0.15, 0.2) is 24.3 Å². The summed E-state index contributed by atoms with van der Waals surface area (Å²) < 4.78 is 2.18. The fourth-order valence-electron chi connectivity index (χ4n) is 5.42. The van der Waals surface area contributed by atoms with Crippen molar-refractivity contribution in [2.24, 2.45) is 24.8 Å². The van der Waals surface area contributed by atoms with Gasteiger partial charge < -0.3 is 14.4 Å². The normalized spacial score (nSPS) is 26.7. The first-order valence-corrected chi connectivity index (χ1v) is 10.2. The van der Waals surface area contributed by atoms with Gasteiger partial charge in [0.15, 0.2) is 0 Å². The van der Waals surface area contributed by atoms with Gasteiger partial charge in [-0.05, 0) is 49.7 Å². The standard InChI is InChI=1S/C21H28N4O/c1-23-19-8-3-2-7-18(19)22-21(23)24-11-9-15(10-12-24)20(26)25-13-16-5-4-6-17(16)14-25/h2-3,7-8,15-17H,4-6,9-14H2,1H3. The fraction of sp³-hybridized carbons (Fsp3) is 0.619. The molecule has 3 fully saturated rings. The number of hydrogen-bond donors (Lipinski definition) is 0. The van der Waals surface area contributed by atoms with Crippen LogP contribution in [-0.4, -0.2) is 46.5 Å². The van der Waals surface area contributed by atoms with E-state index in [2.05, 4.69) is 39.6 Å². The van der Waals surface area contributed by atoms with Gasteiger partial charge in [-0.25, -0.2) is 4.98 Å². The van der Waals surface area contributed by atoms with Crippen LogP contribution in [-0.2, 0) is 11.8 Å². The van der Waals surface area contributed by atoms with Crippen molar-refractivity contribution in [2.45, 2.75) is 32.1 Å². The van der Waals surface area contributed by atoms with E-state index in [4.69, 9.17) is 4.98 Å². The van der Waals surface area contributed by atoms with Crippen LogP contribution in [0.5, 0.6) is 0 Å². The third kappa shape index (κ3) is 2.60. The van der Waals surface area contributed by atoms with Crippen LogP contribution in [0.3, 0.4) is 0 Å². The molecular formula is C21H28N4O. The smallest absolute Gasteiger partial charge is 0.225 e. The lowest BCUT2D eigenvalue weighted by Gasteiger charge is -2.34. The maximum Gasteiger partial charge on any atom is 0.225 e. The topological polar surface area (TPSA) is 41.4 Å². The van der Waals surface area contributed by atoms with Crippen molar-refractivity contribution in [1.82, 2.24) is 14.5 Å². The van der Waals surface area contributed by atoms with Gasteiger partial charge in [0, 0.05) is 39.1 Å². The van der Waals surface area contributed by atoms with Crippen molar-refractivity contribution in [3.05, 3.63) is 24.3 Å². The van der Waals surface area contributed by atoms with Gasteiger partial charge >= 0.3 is 0 Å². The molecule has 1 amide bonds. The molecule has 2 atom stereocenters. The Morgan fingerprint density at radius 3 is 2.42 bits per heavy atom. The third-order valence-corrected chi connectivity index (χ3v) is 6.93. The number of aromatic nitrogens is 2. The molecular weight excluding hydrogens is 324 g/mol. The summed E-state index contributed by atoms with van der Waals surface area (Å²) in [7, 11) is 2.09. The third-order valence-electron chi connectivity index (χ3n) is 6.93. The van der Waals surface area contributed by atoms with E-state index in [-0.39, 0.29) is 5.92 Å². The molecule has 0 bridgehead atoms. The van der Waals surface area contributed by atoms with Gasteiger partial charge in [-0.2, -0.15) is 0 Å². The minimum absolute atomic E-state index is 0.208. The summed E-state index contributed by atoms with van der Waals surface area (Å²) in [6.07, 6.45) is 5.94. The summed E-state index contributed by atoms with van der Waals surface area (Å²) in [5.41, 5.74) is 2.22. The lowest BCUT2D eigenvalue weighted by atomic mass is 9.95. The molecule has 0 radical (unpaired) electrons. The summed E-state index contributed by atoms with van der Waals surface area (Å²) in [4.78, 5) is 22.3. The molecule has 2 aliphatic heterocycles. The predicted octanol–water partition coefficient (Wildman–Crippen LogP) is 3.05. The van der Waals surface area contributed by atoms with E-state index in [0.29, 0.717) is 5.91 Å². The summed E-state index contributed by atoms with van der Waals surface area (Å²) >= 11 is 0. The molecule has 0 N–H and O–H groups in total. The zero-order chi connectivity index (χ0) is 17.7. The zero-order valence-electron chi connectivity index (χ0n) is 15.6. The molecule has 5 heteroatoms. The molecule has 2 saturated heterocycles. The molecule has 5 rings (SSSR count). The molecule has 138 valence electrons. The highest BCUT2D eigenvalue weighted by atomic mass is 16.2. The number of rotatable bonds is 2. The summed E-state index contributed by atoms with van der Waals surface area (Å²) in [5.74, 6) is 3.25. The molecule has 2 aromatic rings. The molecule has 2 unspecified atom stereocenters. The number of benzene rings is 1. The molecule has 1 aromatic carbocycles. The van der Waals surface area contributed by atoms with E-state index >= 15 is 0 Å². The molecule has 3 aliphatic rings. The number of hydrogen-bond acceptors (Lipinski definition) is 3. The Bertz CT molecular complexity index is 809. The van der Waals surface area contributed by atoms with Crippen LogP contribution in [0, 0.1) is 17.8 Å². The Morgan fingerprint density at radius 2 is 1.73 bits per heavy atom. The number of aryl methyl sites for hydroxylation is 1. The predicted molar refractivity (Wildman–Crippen MR) is 103 cm³/mol. The van der Waals surface area contributed by atoms with Crippen molar-refractivity contribution in [2.75, 3.05) is 31.1 Å². The van der Waals surface area contributed by atoms with Crippen molar-refractivity contribution in [3.8, 4) is 0 Å². The van der Waals surface area contributed by atoms with E-state index in [9.17, 15) is 4.79 Å². The Labute approximate surface area is 155 Å². The van der Waals surface area contributed by atoms with E-state index in [1.807, 2.05) is 6.07 Å². The van der Waals surface area contributed by atoms with Crippen LogP contribution in [0.1, 0.15) is 32.1 Å². The summed E-state index contributed by atoms with van der Waals surface area (Å²) in [6, 6.07) is 8.28. The monoisotopic (exact) mass is 352 g/mol. The SMILES string of the molecule is Cn1c(N2CCC(C(=O)N3CC4CCCC4C3)CC2)nc2ccccc21. The average molecular weight is 352 g/mol. The van der Waals surface area contributed by atoms with Gasteiger partial charge in [0.25, 0.3) is 0 Å². The highest BCUT2D eigenvalue weighted by Gasteiger charge is 2.40. The van der Waals surface area contributed by atoms with Crippen LogP contribution in [0.4, 0.5) is 5.95 Å². The first kappa shape index (κ1) is 16.2. The molecule has 5 nitrogen and oxygen atoms in total. The quantitative estimate of drug-likeness (QED) is 0.834. The fourth-order valence-corrected chi connectivity index (χ4v) is 5.42. The Hall–Kier alpha value is -2.04. The Morgan fingerprint density at radius 1 is 1.04 bits per heavy atom. The number of fused-ring (bicyclic) bond motifs is 2. The molecule has 26 heavy (non-hydrogen) atoms. The van der Waals surface area contributed by atoms with Gasteiger partial charge in [-0.1, -0.05) is 18.6 Å². The number of para-hydroxylation sites is 2. The van der Waals surface area contributed by atoms with Crippen molar-refractivity contribution >= 4 is 22.9 Å². The number of piperidine rings is 1. The maximum atomic E-state index is 13.0. The highest BCUT2D eigenvalue weighted by Crippen LogP contribution is 2.38. The maximum absolute atomic E-state index is 13.0. The molecule has 1 aliphatic carbocycles. The second kappa shape index (κ2) is 6.29. The van der Waals surface area contributed by atoms with E-state index in [1.165, 1.54) is 24.8 Å². The number of carbonyl (C=O) groups excluding carboxylic acids is 1. The van der Waals surface area contributed by atoms with Gasteiger partial charge in [0.1, 0.15) is 0 Å². The average Bonchev–Trinajstić information content (AvgIpc) is 3.35. The van der Waals surface area contributed by atoms with Gasteiger partial charge in [0.2, 0.25) is 11.9 Å². The number of likely N-dealkylation sites (tertiary alicyclic amines) is 1. The van der Waals surface area contributed by atoms with Gasteiger partial charge in [0.05, 0.1) is 11.0 Å². The molecule has 1 saturated carbocycles. The second-order valence-corrected chi connectivity index (χ2v) is 8.42. The molecule has 0 spiro atoms. The number of nitrogens with zero attached hydrogens (tertiary/aromatic N) is 4. The van der Waals surface area contributed by atoms with Crippen LogP contribution in [0.25, 0.3) is 11.0 Å². The van der Waals surface area contributed by atoms with Crippen molar-refractivity contribution in [3.63, 3.8) is 0 Å². The zero-order valence-corrected chi connectivity index (χ0v) is 15.6. The largest absolute Gasteiger partial charge is 0.342 e. The minimum Gasteiger partial charge on any atom is -0.342 e. The summed E-state index contributed by atoms with van der Waals surface area (Å²) in [6.45, 7) is 3.89. The second-order valence-electron chi connectivity index (χ2n) is 8.42. The number of carbonyl (C=O) groups is 1. The van der Waals surface area contributed by atoms with Gasteiger partial charge in [-0.3, -0.25) is 4.79 Å². The number of amides is 1.